The van der Waals surface area contributed by atoms with Crippen molar-refractivity contribution >= 4 is 17.3 Å². The van der Waals surface area contributed by atoms with Gasteiger partial charge >= 0.3 is 0 Å². The highest BCUT2D eigenvalue weighted by Gasteiger charge is 2.23. The average molecular weight is 381 g/mol. The van der Waals surface area contributed by atoms with E-state index in [4.69, 9.17) is 0 Å². The zero-order chi connectivity index (χ0) is 19.9. The Labute approximate surface area is 168 Å². The largest absolute Gasteiger partial charge is 0.384 e. The first-order valence-electron chi connectivity index (χ1n) is 10.4. The molecule has 1 aliphatic rings. The number of aromatic nitrogens is 1. The molecule has 150 valence electrons. The fourth-order valence-electron chi connectivity index (χ4n) is 3.67. The van der Waals surface area contributed by atoms with Gasteiger partial charge in [0.05, 0.1) is 11.3 Å². The number of aryl methyl sites for hydroxylation is 1. The van der Waals surface area contributed by atoms with Gasteiger partial charge in [0.15, 0.2) is 0 Å². The van der Waals surface area contributed by atoms with Gasteiger partial charge in [-0.05, 0) is 43.5 Å². The van der Waals surface area contributed by atoms with Crippen LogP contribution in [0.5, 0.6) is 0 Å². The lowest BCUT2D eigenvalue weighted by atomic mass is 10.1. The fraction of sp³-hybridized carbons (Fsp3) is 0.478. The number of pyridine rings is 1. The van der Waals surface area contributed by atoms with Gasteiger partial charge in [-0.15, -0.1) is 0 Å². The van der Waals surface area contributed by atoms with Gasteiger partial charge < -0.3 is 15.1 Å². The van der Waals surface area contributed by atoms with Crippen molar-refractivity contribution in [2.45, 2.75) is 40.0 Å². The molecular formula is C23H32N4O. The highest BCUT2D eigenvalue weighted by Crippen LogP contribution is 2.24. The molecule has 1 amide bonds. The summed E-state index contributed by atoms with van der Waals surface area (Å²) in [6.07, 6.45) is 7.02. The Kier molecular flexibility index (Phi) is 6.90. The van der Waals surface area contributed by atoms with Crippen LogP contribution >= 0.6 is 0 Å². The summed E-state index contributed by atoms with van der Waals surface area (Å²) in [6, 6.07) is 8.37. The molecule has 2 heterocycles. The molecule has 0 atom stereocenters. The van der Waals surface area contributed by atoms with Gasteiger partial charge in [0.2, 0.25) is 0 Å². The van der Waals surface area contributed by atoms with E-state index in [1.54, 1.807) is 12.4 Å². The predicted octanol–water partition coefficient (Wildman–Crippen LogP) is 4.26. The van der Waals surface area contributed by atoms with Crippen LogP contribution in [0.25, 0.3) is 0 Å². The SMILES string of the molecule is CCCCCNc1cncc(C(=O)N2CCN(c3cccc(C)c3C)CC2)c1. The Morgan fingerprint density at radius 3 is 2.64 bits per heavy atom. The second-order valence-corrected chi connectivity index (χ2v) is 7.59. The summed E-state index contributed by atoms with van der Waals surface area (Å²) in [5.41, 5.74) is 5.52. The molecule has 1 N–H and O–H groups in total. The third kappa shape index (κ3) is 4.83. The summed E-state index contributed by atoms with van der Waals surface area (Å²) >= 11 is 0. The van der Waals surface area contributed by atoms with Gasteiger partial charge in [-0.25, -0.2) is 0 Å². The first-order chi connectivity index (χ1) is 13.6. The number of rotatable bonds is 7. The molecule has 5 heteroatoms. The number of hydrogen-bond acceptors (Lipinski definition) is 4. The molecule has 0 radical (unpaired) electrons. The molecular weight excluding hydrogens is 348 g/mol. The molecule has 1 aromatic heterocycles. The standard InChI is InChI=1S/C23H32N4O/c1-4-5-6-10-25-21-15-20(16-24-17-21)23(28)27-13-11-26(12-14-27)22-9-7-8-18(2)19(22)3/h7-9,15-17,25H,4-6,10-14H2,1-3H3. The first-order valence-corrected chi connectivity index (χ1v) is 10.4. The van der Waals surface area contributed by atoms with Gasteiger partial charge in [-0.2, -0.15) is 0 Å². The maximum absolute atomic E-state index is 12.9. The molecule has 1 aliphatic heterocycles. The van der Waals surface area contributed by atoms with Gasteiger partial charge in [0.1, 0.15) is 0 Å². The molecule has 0 saturated carbocycles. The van der Waals surface area contributed by atoms with E-state index in [1.165, 1.54) is 29.7 Å². The lowest BCUT2D eigenvalue weighted by Crippen LogP contribution is -2.49. The second kappa shape index (κ2) is 9.58. The lowest BCUT2D eigenvalue weighted by Gasteiger charge is -2.37. The van der Waals surface area contributed by atoms with E-state index in [1.807, 2.05) is 11.0 Å². The van der Waals surface area contributed by atoms with Crippen molar-refractivity contribution in [1.82, 2.24) is 9.88 Å². The van der Waals surface area contributed by atoms with Crippen molar-refractivity contribution in [2.75, 3.05) is 42.9 Å². The normalized spacial score (nSPS) is 14.2. The average Bonchev–Trinajstić information content (AvgIpc) is 2.73. The van der Waals surface area contributed by atoms with Crippen molar-refractivity contribution < 1.29 is 4.79 Å². The number of amides is 1. The number of nitrogens with one attached hydrogen (secondary N) is 1. The highest BCUT2D eigenvalue weighted by molar-refractivity contribution is 5.95. The number of benzene rings is 1. The van der Waals surface area contributed by atoms with Gasteiger partial charge in [-0.1, -0.05) is 31.9 Å². The molecule has 1 saturated heterocycles. The van der Waals surface area contributed by atoms with E-state index in [0.29, 0.717) is 5.56 Å². The lowest BCUT2D eigenvalue weighted by molar-refractivity contribution is 0.0746. The van der Waals surface area contributed by atoms with Crippen LogP contribution in [-0.2, 0) is 0 Å². The number of nitrogens with zero attached hydrogens (tertiary/aromatic N) is 3. The van der Waals surface area contributed by atoms with Gasteiger partial charge in [0.25, 0.3) is 5.91 Å². The summed E-state index contributed by atoms with van der Waals surface area (Å²) in [5.74, 6) is 0.0744. The summed E-state index contributed by atoms with van der Waals surface area (Å²) < 4.78 is 0. The minimum absolute atomic E-state index is 0.0744. The molecule has 5 nitrogen and oxygen atoms in total. The molecule has 2 aromatic rings. The third-order valence-electron chi connectivity index (χ3n) is 5.58. The molecule has 0 aliphatic carbocycles. The van der Waals surface area contributed by atoms with Crippen molar-refractivity contribution in [3.8, 4) is 0 Å². The topological polar surface area (TPSA) is 48.5 Å². The summed E-state index contributed by atoms with van der Waals surface area (Å²) in [6.45, 7) is 10.6. The zero-order valence-electron chi connectivity index (χ0n) is 17.4. The maximum Gasteiger partial charge on any atom is 0.255 e. The van der Waals surface area contributed by atoms with Gasteiger partial charge in [0, 0.05) is 50.8 Å². The highest BCUT2D eigenvalue weighted by atomic mass is 16.2. The van der Waals surface area contributed by atoms with Crippen molar-refractivity contribution in [3.63, 3.8) is 0 Å². The van der Waals surface area contributed by atoms with E-state index in [2.05, 4.69) is 54.2 Å². The molecule has 0 bridgehead atoms. The minimum atomic E-state index is 0.0744. The van der Waals surface area contributed by atoms with Crippen molar-refractivity contribution in [2.24, 2.45) is 0 Å². The predicted molar refractivity (Wildman–Crippen MR) is 116 cm³/mol. The number of anilines is 2. The van der Waals surface area contributed by atoms with E-state index < -0.39 is 0 Å². The fourth-order valence-corrected chi connectivity index (χ4v) is 3.67. The van der Waals surface area contributed by atoms with Crippen LogP contribution in [0.4, 0.5) is 11.4 Å². The molecule has 1 fully saturated rings. The zero-order valence-corrected chi connectivity index (χ0v) is 17.4. The monoisotopic (exact) mass is 380 g/mol. The molecule has 3 rings (SSSR count). The summed E-state index contributed by atoms with van der Waals surface area (Å²) in [7, 11) is 0. The molecule has 28 heavy (non-hydrogen) atoms. The Morgan fingerprint density at radius 2 is 1.89 bits per heavy atom. The van der Waals surface area contributed by atoms with Crippen LogP contribution in [0, 0.1) is 13.8 Å². The van der Waals surface area contributed by atoms with Crippen LogP contribution in [0.15, 0.2) is 36.7 Å². The Hall–Kier alpha value is -2.56. The number of piperazine rings is 1. The van der Waals surface area contributed by atoms with Crippen molar-refractivity contribution in [3.05, 3.63) is 53.3 Å². The van der Waals surface area contributed by atoms with Crippen LogP contribution in [0.1, 0.15) is 47.7 Å². The second-order valence-electron chi connectivity index (χ2n) is 7.59. The van der Waals surface area contributed by atoms with Crippen LogP contribution in [0.3, 0.4) is 0 Å². The Balaban J connectivity index is 1.58. The molecule has 0 unspecified atom stereocenters. The van der Waals surface area contributed by atoms with Gasteiger partial charge in [-0.3, -0.25) is 9.78 Å². The third-order valence-corrected chi connectivity index (χ3v) is 5.58. The van der Waals surface area contributed by atoms with Crippen molar-refractivity contribution in [1.29, 1.82) is 0 Å². The Bertz CT molecular complexity index is 797. The quantitative estimate of drug-likeness (QED) is 0.729. The van der Waals surface area contributed by atoms with E-state index >= 15 is 0 Å². The number of carbonyl (C=O) groups is 1. The maximum atomic E-state index is 12.9. The van der Waals surface area contributed by atoms with Crippen LogP contribution in [0.2, 0.25) is 0 Å². The minimum Gasteiger partial charge on any atom is -0.384 e. The smallest absolute Gasteiger partial charge is 0.255 e. The number of carbonyl (C=O) groups excluding carboxylic acids is 1. The van der Waals surface area contributed by atoms with E-state index in [0.717, 1.165) is 44.8 Å². The summed E-state index contributed by atoms with van der Waals surface area (Å²) in [5, 5.41) is 3.38. The molecule has 0 spiro atoms. The van der Waals surface area contributed by atoms with Crippen LogP contribution in [-0.4, -0.2) is 48.5 Å². The van der Waals surface area contributed by atoms with Crippen LogP contribution < -0.4 is 10.2 Å². The van der Waals surface area contributed by atoms with E-state index in [-0.39, 0.29) is 5.91 Å². The van der Waals surface area contributed by atoms with E-state index in [9.17, 15) is 4.79 Å². The number of unbranched alkanes of at least 4 members (excludes halogenated alkanes) is 2. The Morgan fingerprint density at radius 1 is 1.11 bits per heavy atom. The summed E-state index contributed by atoms with van der Waals surface area (Å²) in [4.78, 5) is 21.5. The number of hydrogen-bond donors (Lipinski definition) is 1. The molecule has 1 aromatic carbocycles. The first kappa shape index (κ1) is 20.2.